The Labute approximate surface area is 97.3 Å². The molecule has 1 atom stereocenters. The summed E-state index contributed by atoms with van der Waals surface area (Å²) in [4.78, 5) is 13.5. The quantitative estimate of drug-likeness (QED) is 0.500. The first-order valence-corrected chi connectivity index (χ1v) is 5.59. The molecule has 0 heterocycles. The minimum absolute atomic E-state index is 0.0477. The summed E-state index contributed by atoms with van der Waals surface area (Å²) in [5, 5.41) is -0.260. The molecule has 0 aromatic rings. The monoisotopic (exact) mass is 235 g/mol. The van der Waals surface area contributed by atoms with E-state index < -0.39 is 0 Å². The summed E-state index contributed by atoms with van der Waals surface area (Å²) in [6.07, 6.45) is 0.840. The third kappa shape index (κ3) is 6.76. The lowest BCUT2D eigenvalue weighted by Gasteiger charge is -2.23. The van der Waals surface area contributed by atoms with E-state index in [1.54, 1.807) is 26.0 Å². The predicted molar refractivity (Wildman–Crippen MR) is 63.4 cm³/mol. The first kappa shape index (κ1) is 14.7. The molecule has 0 aliphatic heterocycles. The zero-order valence-corrected chi connectivity index (χ0v) is 10.6. The van der Waals surface area contributed by atoms with E-state index in [0.717, 1.165) is 6.42 Å². The molecule has 1 amide bonds. The Morgan fingerprint density at radius 2 is 1.87 bits per heavy atom. The van der Waals surface area contributed by atoms with Gasteiger partial charge in [0.15, 0.2) is 0 Å². The second kappa shape index (κ2) is 9.00. The molecule has 0 N–H and O–H groups in total. The van der Waals surface area contributed by atoms with Gasteiger partial charge in [0.25, 0.3) is 0 Å². The molecule has 0 fully saturated rings. The van der Waals surface area contributed by atoms with E-state index in [4.69, 9.17) is 9.47 Å². The highest BCUT2D eigenvalue weighted by Gasteiger charge is 2.16. The van der Waals surface area contributed by atoms with E-state index >= 15 is 0 Å². The second-order valence-corrected chi connectivity index (χ2v) is 4.12. The van der Waals surface area contributed by atoms with Gasteiger partial charge >= 0.3 is 0 Å². The van der Waals surface area contributed by atoms with Gasteiger partial charge in [-0.2, -0.15) is 12.6 Å². The van der Waals surface area contributed by atoms with E-state index in [1.807, 2.05) is 0 Å². The zero-order chi connectivity index (χ0) is 11.7. The third-order valence-electron chi connectivity index (χ3n) is 2.01. The fourth-order valence-corrected chi connectivity index (χ4v) is 1.36. The van der Waals surface area contributed by atoms with Gasteiger partial charge in [-0.05, 0) is 13.3 Å². The van der Waals surface area contributed by atoms with Gasteiger partial charge in [-0.3, -0.25) is 4.79 Å². The van der Waals surface area contributed by atoms with E-state index in [0.29, 0.717) is 26.3 Å². The van der Waals surface area contributed by atoms with Crippen LogP contribution in [0.1, 0.15) is 13.3 Å². The Morgan fingerprint density at radius 1 is 1.27 bits per heavy atom. The van der Waals surface area contributed by atoms with Crippen molar-refractivity contribution in [2.24, 2.45) is 0 Å². The molecule has 0 radical (unpaired) electrons. The lowest BCUT2D eigenvalue weighted by molar-refractivity contribution is -0.131. The number of hydrogen-bond donors (Lipinski definition) is 1. The summed E-state index contributed by atoms with van der Waals surface area (Å²) in [5.74, 6) is 0.0477. The van der Waals surface area contributed by atoms with Crippen LogP contribution in [0.25, 0.3) is 0 Å². The molecular formula is C10H21NO3S. The lowest BCUT2D eigenvalue weighted by Crippen LogP contribution is -2.39. The van der Waals surface area contributed by atoms with Crippen LogP contribution in [0.2, 0.25) is 0 Å². The van der Waals surface area contributed by atoms with E-state index in [9.17, 15) is 4.79 Å². The van der Waals surface area contributed by atoms with Crippen molar-refractivity contribution in [3.63, 3.8) is 0 Å². The zero-order valence-electron chi connectivity index (χ0n) is 9.73. The Kier molecular flexibility index (Phi) is 8.85. The predicted octanol–water partition coefficient (Wildman–Crippen LogP) is 0.816. The SMILES string of the molecule is COCCCN(CCOC)C(=O)C(C)S. The molecule has 90 valence electrons. The molecule has 0 bridgehead atoms. The van der Waals surface area contributed by atoms with Crippen molar-refractivity contribution in [1.29, 1.82) is 0 Å². The minimum atomic E-state index is -0.260. The standard InChI is InChI=1S/C10H21NO3S/c1-9(15)10(12)11(6-8-14-3)5-4-7-13-2/h9,15H,4-8H2,1-3H3. The van der Waals surface area contributed by atoms with Crippen molar-refractivity contribution < 1.29 is 14.3 Å². The van der Waals surface area contributed by atoms with Crippen LogP contribution in [-0.2, 0) is 14.3 Å². The van der Waals surface area contributed by atoms with Gasteiger partial charge in [0.2, 0.25) is 5.91 Å². The van der Waals surface area contributed by atoms with Crippen LogP contribution in [0.4, 0.5) is 0 Å². The highest BCUT2D eigenvalue weighted by molar-refractivity contribution is 7.81. The van der Waals surface area contributed by atoms with Gasteiger partial charge in [-0.1, -0.05) is 0 Å². The number of amides is 1. The molecule has 0 aliphatic rings. The molecule has 0 saturated heterocycles. The summed E-state index contributed by atoms with van der Waals surface area (Å²) >= 11 is 4.14. The van der Waals surface area contributed by atoms with Gasteiger partial charge < -0.3 is 14.4 Å². The number of rotatable bonds is 8. The fourth-order valence-electron chi connectivity index (χ4n) is 1.20. The number of methoxy groups -OCH3 is 2. The third-order valence-corrected chi connectivity index (χ3v) is 2.23. The van der Waals surface area contributed by atoms with Crippen molar-refractivity contribution in [2.45, 2.75) is 18.6 Å². The highest BCUT2D eigenvalue weighted by atomic mass is 32.1. The number of nitrogens with zero attached hydrogens (tertiary/aromatic N) is 1. The Morgan fingerprint density at radius 3 is 2.33 bits per heavy atom. The summed E-state index contributed by atoms with van der Waals surface area (Å²) in [6.45, 7) is 4.31. The van der Waals surface area contributed by atoms with Crippen LogP contribution >= 0.6 is 12.6 Å². The normalized spacial score (nSPS) is 12.5. The molecule has 0 spiro atoms. The molecule has 15 heavy (non-hydrogen) atoms. The van der Waals surface area contributed by atoms with Crippen LogP contribution < -0.4 is 0 Å². The molecule has 1 unspecified atom stereocenters. The topological polar surface area (TPSA) is 38.8 Å². The van der Waals surface area contributed by atoms with E-state index in [-0.39, 0.29) is 11.2 Å². The molecule has 5 heteroatoms. The highest BCUT2D eigenvalue weighted by Crippen LogP contribution is 2.02. The van der Waals surface area contributed by atoms with Gasteiger partial charge in [-0.25, -0.2) is 0 Å². The maximum Gasteiger partial charge on any atom is 0.235 e. The number of carbonyl (C=O) groups is 1. The molecule has 0 aromatic heterocycles. The van der Waals surface area contributed by atoms with Crippen LogP contribution in [-0.4, -0.2) is 56.6 Å². The number of carbonyl (C=O) groups excluding carboxylic acids is 1. The van der Waals surface area contributed by atoms with Crippen molar-refractivity contribution in [1.82, 2.24) is 4.90 Å². The number of thiol groups is 1. The van der Waals surface area contributed by atoms with Crippen molar-refractivity contribution in [3.8, 4) is 0 Å². The smallest absolute Gasteiger partial charge is 0.235 e. The number of hydrogen-bond acceptors (Lipinski definition) is 4. The van der Waals surface area contributed by atoms with Crippen LogP contribution in [0.15, 0.2) is 0 Å². The maximum atomic E-state index is 11.7. The largest absolute Gasteiger partial charge is 0.385 e. The first-order chi connectivity index (χ1) is 7.13. The molecule has 0 aromatic carbocycles. The minimum Gasteiger partial charge on any atom is -0.385 e. The summed E-state index contributed by atoms with van der Waals surface area (Å²) in [5.41, 5.74) is 0. The van der Waals surface area contributed by atoms with Crippen LogP contribution in [0.5, 0.6) is 0 Å². The average Bonchev–Trinajstić information content (AvgIpc) is 2.22. The average molecular weight is 235 g/mol. The van der Waals surface area contributed by atoms with Gasteiger partial charge in [0.05, 0.1) is 11.9 Å². The Hall–Kier alpha value is -0.260. The summed E-state index contributed by atoms with van der Waals surface area (Å²) in [7, 11) is 3.28. The van der Waals surface area contributed by atoms with Crippen LogP contribution in [0.3, 0.4) is 0 Å². The lowest BCUT2D eigenvalue weighted by atomic mass is 10.3. The molecule has 4 nitrogen and oxygen atoms in total. The molecule has 0 saturated carbocycles. The van der Waals surface area contributed by atoms with Crippen molar-refractivity contribution >= 4 is 18.5 Å². The summed E-state index contributed by atoms with van der Waals surface area (Å²) in [6, 6.07) is 0. The Bertz CT molecular complexity index is 176. The summed E-state index contributed by atoms with van der Waals surface area (Å²) < 4.78 is 9.91. The second-order valence-electron chi connectivity index (χ2n) is 3.34. The number of ether oxygens (including phenoxy) is 2. The van der Waals surface area contributed by atoms with E-state index in [1.165, 1.54) is 0 Å². The van der Waals surface area contributed by atoms with Crippen LogP contribution in [0, 0.1) is 0 Å². The maximum absolute atomic E-state index is 11.7. The fraction of sp³-hybridized carbons (Fsp3) is 0.900. The van der Waals surface area contributed by atoms with E-state index in [2.05, 4.69) is 12.6 Å². The van der Waals surface area contributed by atoms with Crippen molar-refractivity contribution in [2.75, 3.05) is 40.5 Å². The molecule has 0 aliphatic carbocycles. The van der Waals surface area contributed by atoms with Gasteiger partial charge in [0, 0.05) is 33.9 Å². The van der Waals surface area contributed by atoms with Gasteiger partial charge in [-0.15, -0.1) is 0 Å². The molecule has 0 rings (SSSR count). The Balaban J connectivity index is 3.99. The van der Waals surface area contributed by atoms with Crippen molar-refractivity contribution in [3.05, 3.63) is 0 Å². The van der Waals surface area contributed by atoms with Gasteiger partial charge in [0.1, 0.15) is 0 Å². The molecular weight excluding hydrogens is 214 g/mol. The first-order valence-electron chi connectivity index (χ1n) is 5.08.